The van der Waals surface area contributed by atoms with Crippen molar-refractivity contribution in [3.63, 3.8) is 0 Å². The van der Waals surface area contributed by atoms with Crippen LogP contribution in [0.15, 0.2) is 18.2 Å². The van der Waals surface area contributed by atoms with Crippen LogP contribution in [0.5, 0.6) is 0 Å². The standard InChI is InChI=1S/C23H29N3O3/c27-21-14-18(22(28)24-10-3-1-2-4-11-24)15-26(21)19-7-8-20-17(13-19)9-12-25(20)23(29)16-5-6-16/h7-8,13,16,18H,1-6,9-12,14-15H2. The predicted octanol–water partition coefficient (Wildman–Crippen LogP) is 2.74. The van der Waals surface area contributed by atoms with Crippen LogP contribution in [0, 0.1) is 11.8 Å². The second-order valence-corrected chi connectivity index (χ2v) is 8.97. The van der Waals surface area contributed by atoms with Gasteiger partial charge in [0.05, 0.1) is 5.92 Å². The van der Waals surface area contributed by atoms with E-state index in [9.17, 15) is 14.4 Å². The summed E-state index contributed by atoms with van der Waals surface area (Å²) in [5.74, 6) is 0.400. The molecule has 6 nitrogen and oxygen atoms in total. The minimum atomic E-state index is -0.234. The van der Waals surface area contributed by atoms with Crippen molar-refractivity contribution in [2.45, 2.75) is 51.4 Å². The number of benzene rings is 1. The van der Waals surface area contributed by atoms with Crippen LogP contribution in [0.1, 0.15) is 50.5 Å². The molecule has 0 spiro atoms. The SMILES string of the molecule is O=C(C1CC(=O)N(c2ccc3c(c2)CCN3C(=O)C2CC2)C1)N1CCCCCC1. The summed E-state index contributed by atoms with van der Waals surface area (Å²) >= 11 is 0. The average molecular weight is 396 g/mol. The van der Waals surface area contributed by atoms with E-state index in [4.69, 9.17) is 0 Å². The van der Waals surface area contributed by atoms with E-state index in [1.165, 1.54) is 12.8 Å². The van der Waals surface area contributed by atoms with E-state index >= 15 is 0 Å². The van der Waals surface area contributed by atoms with Crippen LogP contribution >= 0.6 is 0 Å². The highest BCUT2D eigenvalue weighted by molar-refractivity contribution is 6.02. The van der Waals surface area contributed by atoms with Crippen molar-refractivity contribution in [1.82, 2.24) is 4.90 Å². The van der Waals surface area contributed by atoms with Crippen molar-refractivity contribution in [1.29, 1.82) is 0 Å². The molecule has 1 aromatic carbocycles. The molecule has 2 saturated heterocycles. The van der Waals surface area contributed by atoms with Crippen molar-refractivity contribution >= 4 is 29.1 Å². The monoisotopic (exact) mass is 395 g/mol. The number of nitrogens with zero attached hydrogens (tertiary/aromatic N) is 3. The molecule has 6 heteroatoms. The molecule has 1 unspecified atom stereocenters. The molecule has 5 rings (SSSR count). The zero-order chi connectivity index (χ0) is 20.0. The third-order valence-electron chi connectivity index (χ3n) is 6.85. The van der Waals surface area contributed by atoms with Gasteiger partial charge in [-0.05, 0) is 55.9 Å². The Morgan fingerprint density at radius 2 is 1.66 bits per heavy atom. The van der Waals surface area contributed by atoms with Gasteiger partial charge in [-0.15, -0.1) is 0 Å². The number of fused-ring (bicyclic) bond motifs is 1. The first kappa shape index (κ1) is 18.6. The fourth-order valence-electron chi connectivity index (χ4n) is 5.01. The zero-order valence-electron chi connectivity index (χ0n) is 16.9. The molecule has 0 aromatic heterocycles. The van der Waals surface area contributed by atoms with E-state index in [2.05, 4.69) is 0 Å². The number of likely N-dealkylation sites (tertiary alicyclic amines) is 1. The topological polar surface area (TPSA) is 60.9 Å². The Hall–Kier alpha value is -2.37. The van der Waals surface area contributed by atoms with Crippen LogP contribution in [0.3, 0.4) is 0 Å². The van der Waals surface area contributed by atoms with Crippen molar-refractivity contribution in [2.24, 2.45) is 11.8 Å². The van der Waals surface area contributed by atoms with Gasteiger partial charge in [0.2, 0.25) is 17.7 Å². The Morgan fingerprint density at radius 3 is 2.38 bits per heavy atom. The highest BCUT2D eigenvalue weighted by atomic mass is 16.2. The Kier molecular flexibility index (Phi) is 4.80. The zero-order valence-corrected chi connectivity index (χ0v) is 16.9. The molecular formula is C23H29N3O3. The lowest BCUT2D eigenvalue weighted by molar-refractivity contribution is -0.135. The van der Waals surface area contributed by atoms with Gasteiger partial charge in [-0.25, -0.2) is 0 Å². The summed E-state index contributed by atoms with van der Waals surface area (Å²) in [5.41, 5.74) is 2.99. The van der Waals surface area contributed by atoms with E-state index in [1.54, 1.807) is 4.90 Å². The van der Waals surface area contributed by atoms with Gasteiger partial charge >= 0.3 is 0 Å². The molecule has 29 heavy (non-hydrogen) atoms. The number of carbonyl (C=O) groups is 3. The largest absolute Gasteiger partial charge is 0.342 e. The molecule has 3 aliphatic heterocycles. The van der Waals surface area contributed by atoms with E-state index < -0.39 is 0 Å². The van der Waals surface area contributed by atoms with Crippen LogP contribution in [-0.2, 0) is 20.8 Å². The molecule has 1 aliphatic carbocycles. The van der Waals surface area contributed by atoms with Gasteiger partial charge < -0.3 is 14.7 Å². The molecular weight excluding hydrogens is 366 g/mol. The molecule has 0 N–H and O–H groups in total. The Morgan fingerprint density at radius 1 is 0.897 bits per heavy atom. The second kappa shape index (κ2) is 7.47. The van der Waals surface area contributed by atoms with Crippen LogP contribution in [0.25, 0.3) is 0 Å². The Bertz CT molecular complexity index is 840. The summed E-state index contributed by atoms with van der Waals surface area (Å²) in [6.07, 6.45) is 7.67. The Balaban J connectivity index is 1.29. The maximum absolute atomic E-state index is 13.0. The van der Waals surface area contributed by atoms with E-state index in [-0.39, 0.29) is 29.6 Å². The molecule has 3 amide bonds. The number of anilines is 2. The summed E-state index contributed by atoms with van der Waals surface area (Å²) in [6, 6.07) is 5.97. The van der Waals surface area contributed by atoms with Gasteiger partial charge in [0.15, 0.2) is 0 Å². The third-order valence-corrected chi connectivity index (χ3v) is 6.85. The lowest BCUT2D eigenvalue weighted by Gasteiger charge is -2.24. The number of hydrogen-bond donors (Lipinski definition) is 0. The summed E-state index contributed by atoms with van der Waals surface area (Å²) < 4.78 is 0. The molecule has 1 saturated carbocycles. The number of carbonyl (C=O) groups excluding carboxylic acids is 3. The molecule has 1 atom stereocenters. The van der Waals surface area contributed by atoms with Crippen molar-refractivity contribution < 1.29 is 14.4 Å². The van der Waals surface area contributed by atoms with Crippen molar-refractivity contribution in [3.8, 4) is 0 Å². The molecule has 3 heterocycles. The highest BCUT2D eigenvalue weighted by Gasteiger charge is 2.39. The molecule has 154 valence electrons. The summed E-state index contributed by atoms with van der Waals surface area (Å²) in [4.78, 5) is 43.8. The quantitative estimate of drug-likeness (QED) is 0.791. The summed E-state index contributed by atoms with van der Waals surface area (Å²) in [6.45, 7) is 2.86. The first-order valence-corrected chi connectivity index (χ1v) is 11.2. The molecule has 4 aliphatic rings. The average Bonchev–Trinajstić information content (AvgIpc) is 3.46. The smallest absolute Gasteiger partial charge is 0.230 e. The van der Waals surface area contributed by atoms with E-state index in [0.29, 0.717) is 13.0 Å². The highest BCUT2D eigenvalue weighted by Crippen LogP contribution is 2.38. The van der Waals surface area contributed by atoms with Crippen LogP contribution in [0.4, 0.5) is 11.4 Å². The lowest BCUT2D eigenvalue weighted by Crippen LogP contribution is -2.38. The Labute approximate surface area is 171 Å². The van der Waals surface area contributed by atoms with E-state index in [1.807, 2.05) is 28.0 Å². The number of hydrogen-bond acceptors (Lipinski definition) is 3. The predicted molar refractivity (Wildman–Crippen MR) is 111 cm³/mol. The van der Waals surface area contributed by atoms with Gasteiger partial charge in [-0.2, -0.15) is 0 Å². The maximum Gasteiger partial charge on any atom is 0.230 e. The summed E-state index contributed by atoms with van der Waals surface area (Å²) in [5, 5.41) is 0. The van der Waals surface area contributed by atoms with Crippen molar-refractivity contribution in [2.75, 3.05) is 36.0 Å². The number of rotatable bonds is 3. The second-order valence-electron chi connectivity index (χ2n) is 8.97. The molecule has 0 bridgehead atoms. The fraction of sp³-hybridized carbons (Fsp3) is 0.609. The van der Waals surface area contributed by atoms with Crippen LogP contribution < -0.4 is 9.80 Å². The summed E-state index contributed by atoms with van der Waals surface area (Å²) in [7, 11) is 0. The van der Waals surface area contributed by atoms with Crippen LogP contribution in [-0.4, -0.2) is 48.8 Å². The minimum absolute atomic E-state index is 0.0297. The number of amides is 3. The minimum Gasteiger partial charge on any atom is -0.342 e. The lowest BCUT2D eigenvalue weighted by atomic mass is 10.1. The van der Waals surface area contributed by atoms with Crippen molar-refractivity contribution in [3.05, 3.63) is 23.8 Å². The van der Waals surface area contributed by atoms with Gasteiger partial charge in [0.25, 0.3) is 0 Å². The van der Waals surface area contributed by atoms with Gasteiger partial charge in [0.1, 0.15) is 0 Å². The fourth-order valence-corrected chi connectivity index (χ4v) is 5.01. The first-order valence-electron chi connectivity index (χ1n) is 11.2. The van der Waals surface area contributed by atoms with Crippen LogP contribution in [0.2, 0.25) is 0 Å². The van der Waals surface area contributed by atoms with Gasteiger partial charge in [0, 0.05) is 49.9 Å². The normalized spacial score (nSPS) is 24.6. The molecule has 0 radical (unpaired) electrons. The van der Waals surface area contributed by atoms with E-state index in [0.717, 1.165) is 68.7 Å². The third kappa shape index (κ3) is 3.53. The van der Waals surface area contributed by atoms with Gasteiger partial charge in [-0.3, -0.25) is 14.4 Å². The van der Waals surface area contributed by atoms with Gasteiger partial charge in [-0.1, -0.05) is 12.8 Å². The molecule has 3 fully saturated rings. The maximum atomic E-state index is 13.0. The molecule has 1 aromatic rings. The first-order chi connectivity index (χ1) is 14.1.